The molecule has 0 aromatic heterocycles. The lowest BCUT2D eigenvalue weighted by Crippen LogP contribution is -2.11. The number of thiocarbonyl (C=S) groups is 1. The summed E-state index contributed by atoms with van der Waals surface area (Å²) in [5.41, 5.74) is 6.42. The highest BCUT2D eigenvalue weighted by Gasteiger charge is 1.94. The second kappa shape index (κ2) is 3.44. The third kappa shape index (κ3) is 1.62. The average molecular weight is 151 g/mol. The standard InChI is InChI=1S/C8H9NS/c9-6-8(10)7-4-2-1-3-5-7/h1-5H,6,9H2. The van der Waals surface area contributed by atoms with Crippen molar-refractivity contribution in [3.63, 3.8) is 0 Å². The highest BCUT2D eigenvalue weighted by molar-refractivity contribution is 7.80. The van der Waals surface area contributed by atoms with E-state index in [4.69, 9.17) is 18.0 Å². The summed E-state index contributed by atoms with van der Waals surface area (Å²) in [6, 6.07) is 9.81. The van der Waals surface area contributed by atoms with Gasteiger partial charge in [0.1, 0.15) is 0 Å². The molecule has 0 spiro atoms. The van der Waals surface area contributed by atoms with Crippen LogP contribution in [0, 0.1) is 0 Å². The zero-order valence-corrected chi connectivity index (χ0v) is 6.40. The van der Waals surface area contributed by atoms with Crippen LogP contribution in [-0.4, -0.2) is 11.4 Å². The normalized spacial score (nSPS) is 9.30. The zero-order valence-electron chi connectivity index (χ0n) is 5.58. The van der Waals surface area contributed by atoms with E-state index in [1.165, 1.54) is 0 Å². The first-order valence-electron chi connectivity index (χ1n) is 3.13. The zero-order chi connectivity index (χ0) is 7.40. The van der Waals surface area contributed by atoms with Gasteiger partial charge in [0.05, 0.1) is 0 Å². The molecule has 1 rings (SSSR count). The molecule has 0 unspecified atom stereocenters. The van der Waals surface area contributed by atoms with Gasteiger partial charge in [-0.25, -0.2) is 0 Å². The predicted octanol–water partition coefficient (Wildman–Crippen LogP) is 1.36. The molecular weight excluding hydrogens is 142 g/mol. The highest BCUT2D eigenvalue weighted by atomic mass is 32.1. The van der Waals surface area contributed by atoms with Gasteiger partial charge in [0.15, 0.2) is 0 Å². The van der Waals surface area contributed by atoms with E-state index in [0.717, 1.165) is 10.4 Å². The first-order chi connectivity index (χ1) is 4.84. The van der Waals surface area contributed by atoms with Crippen molar-refractivity contribution in [1.29, 1.82) is 0 Å². The van der Waals surface area contributed by atoms with Crippen LogP contribution < -0.4 is 5.73 Å². The third-order valence-electron chi connectivity index (χ3n) is 1.28. The maximum Gasteiger partial charge on any atom is 0.0360 e. The summed E-state index contributed by atoms with van der Waals surface area (Å²) in [6.07, 6.45) is 0. The van der Waals surface area contributed by atoms with Gasteiger partial charge in [0, 0.05) is 11.4 Å². The number of hydrogen-bond donors (Lipinski definition) is 1. The molecule has 0 radical (unpaired) electrons. The number of benzene rings is 1. The van der Waals surface area contributed by atoms with E-state index in [0.29, 0.717) is 6.54 Å². The summed E-state index contributed by atoms with van der Waals surface area (Å²) < 4.78 is 0. The molecule has 52 valence electrons. The number of rotatable bonds is 2. The van der Waals surface area contributed by atoms with Gasteiger partial charge >= 0.3 is 0 Å². The summed E-state index contributed by atoms with van der Waals surface area (Å²) in [5.74, 6) is 0. The molecule has 1 aromatic rings. The number of hydrogen-bond acceptors (Lipinski definition) is 2. The molecule has 0 heterocycles. The van der Waals surface area contributed by atoms with Crippen LogP contribution in [0.25, 0.3) is 0 Å². The molecule has 10 heavy (non-hydrogen) atoms. The van der Waals surface area contributed by atoms with Gasteiger partial charge in [0.2, 0.25) is 0 Å². The lowest BCUT2D eigenvalue weighted by atomic mass is 10.1. The Balaban J connectivity index is 2.85. The van der Waals surface area contributed by atoms with Gasteiger partial charge in [0.25, 0.3) is 0 Å². The van der Waals surface area contributed by atoms with Crippen molar-refractivity contribution in [2.45, 2.75) is 0 Å². The Morgan fingerprint density at radius 3 is 2.40 bits per heavy atom. The van der Waals surface area contributed by atoms with E-state index in [1.54, 1.807) is 0 Å². The lowest BCUT2D eigenvalue weighted by molar-refractivity contribution is 1.33. The fourth-order valence-electron chi connectivity index (χ4n) is 0.742. The van der Waals surface area contributed by atoms with Crippen molar-refractivity contribution in [3.05, 3.63) is 35.9 Å². The Labute approximate surface area is 65.9 Å². The minimum Gasteiger partial charge on any atom is -0.326 e. The van der Waals surface area contributed by atoms with Crippen LogP contribution in [0.3, 0.4) is 0 Å². The van der Waals surface area contributed by atoms with Gasteiger partial charge in [-0.1, -0.05) is 42.5 Å². The Bertz CT molecular complexity index is 218. The summed E-state index contributed by atoms with van der Waals surface area (Å²) >= 11 is 5.00. The van der Waals surface area contributed by atoms with E-state index < -0.39 is 0 Å². The monoisotopic (exact) mass is 151 g/mol. The van der Waals surface area contributed by atoms with Crippen LogP contribution in [0.2, 0.25) is 0 Å². The minimum atomic E-state index is 0.458. The average Bonchev–Trinajstić information content (AvgIpc) is 2.05. The van der Waals surface area contributed by atoms with Crippen LogP contribution in [0.1, 0.15) is 5.56 Å². The van der Waals surface area contributed by atoms with E-state index >= 15 is 0 Å². The second-order valence-electron chi connectivity index (χ2n) is 1.99. The van der Waals surface area contributed by atoms with Crippen LogP contribution >= 0.6 is 12.2 Å². The third-order valence-corrected chi connectivity index (χ3v) is 1.68. The first kappa shape index (κ1) is 7.38. The van der Waals surface area contributed by atoms with Crippen molar-refractivity contribution in [1.82, 2.24) is 0 Å². The lowest BCUT2D eigenvalue weighted by Gasteiger charge is -1.97. The molecule has 2 heteroatoms. The molecule has 0 aliphatic heterocycles. The second-order valence-corrected chi connectivity index (χ2v) is 2.49. The maximum absolute atomic E-state index is 5.36. The summed E-state index contributed by atoms with van der Waals surface area (Å²) in [4.78, 5) is 0.820. The minimum absolute atomic E-state index is 0.458. The van der Waals surface area contributed by atoms with E-state index in [9.17, 15) is 0 Å². The molecule has 0 aliphatic carbocycles. The molecule has 0 fully saturated rings. The SMILES string of the molecule is NCC(=S)c1ccccc1. The Morgan fingerprint density at radius 1 is 1.30 bits per heavy atom. The molecule has 0 atom stereocenters. The molecular formula is C8H9NS. The molecule has 0 bridgehead atoms. The van der Waals surface area contributed by atoms with Crippen molar-refractivity contribution < 1.29 is 0 Å². The molecule has 0 amide bonds. The smallest absolute Gasteiger partial charge is 0.0360 e. The summed E-state index contributed by atoms with van der Waals surface area (Å²) in [6.45, 7) is 0.458. The molecule has 0 aliphatic rings. The largest absolute Gasteiger partial charge is 0.326 e. The van der Waals surface area contributed by atoms with Gasteiger partial charge in [-0.05, 0) is 5.56 Å². The van der Waals surface area contributed by atoms with E-state index in [2.05, 4.69) is 0 Å². The van der Waals surface area contributed by atoms with Crippen molar-refractivity contribution >= 4 is 17.1 Å². The van der Waals surface area contributed by atoms with Crippen molar-refractivity contribution in [2.75, 3.05) is 6.54 Å². The molecule has 2 N–H and O–H groups in total. The first-order valence-corrected chi connectivity index (χ1v) is 3.53. The number of nitrogens with two attached hydrogens (primary N) is 1. The van der Waals surface area contributed by atoms with Crippen LogP contribution in [0.5, 0.6) is 0 Å². The predicted molar refractivity (Wildman–Crippen MR) is 47.2 cm³/mol. The fraction of sp³-hybridized carbons (Fsp3) is 0.125. The summed E-state index contributed by atoms with van der Waals surface area (Å²) in [5, 5.41) is 0. The van der Waals surface area contributed by atoms with Crippen LogP contribution in [0.4, 0.5) is 0 Å². The van der Waals surface area contributed by atoms with Gasteiger partial charge in [-0.2, -0.15) is 0 Å². The maximum atomic E-state index is 5.36. The van der Waals surface area contributed by atoms with Crippen molar-refractivity contribution in [3.8, 4) is 0 Å². The topological polar surface area (TPSA) is 26.0 Å². The van der Waals surface area contributed by atoms with E-state index in [-0.39, 0.29) is 0 Å². The Hall–Kier alpha value is -0.730. The fourth-order valence-corrected chi connectivity index (χ4v) is 0.878. The quantitative estimate of drug-likeness (QED) is 0.510. The highest BCUT2D eigenvalue weighted by Crippen LogP contribution is 1.99. The molecule has 0 saturated heterocycles. The van der Waals surface area contributed by atoms with Crippen molar-refractivity contribution in [2.24, 2.45) is 5.73 Å². The van der Waals surface area contributed by atoms with Crippen LogP contribution in [0.15, 0.2) is 30.3 Å². The van der Waals surface area contributed by atoms with Gasteiger partial charge in [-0.15, -0.1) is 0 Å². The van der Waals surface area contributed by atoms with Crippen LogP contribution in [-0.2, 0) is 0 Å². The molecule has 0 saturated carbocycles. The van der Waals surface area contributed by atoms with Gasteiger partial charge in [-0.3, -0.25) is 0 Å². The molecule has 1 nitrogen and oxygen atoms in total. The summed E-state index contributed by atoms with van der Waals surface area (Å²) in [7, 11) is 0. The molecule has 1 aromatic carbocycles. The Kier molecular flexibility index (Phi) is 2.54. The van der Waals surface area contributed by atoms with Gasteiger partial charge < -0.3 is 5.73 Å². The Morgan fingerprint density at radius 2 is 1.90 bits per heavy atom. The van der Waals surface area contributed by atoms with E-state index in [1.807, 2.05) is 30.3 Å².